The van der Waals surface area contributed by atoms with E-state index in [9.17, 15) is 0 Å². The number of hydrogen-bond donors (Lipinski definition) is 1. The minimum absolute atomic E-state index is 0.176. The summed E-state index contributed by atoms with van der Waals surface area (Å²) in [7, 11) is 0. The summed E-state index contributed by atoms with van der Waals surface area (Å²) in [4.78, 5) is 2.12. The Morgan fingerprint density at radius 3 is 2.55 bits per heavy atom. The van der Waals surface area contributed by atoms with Gasteiger partial charge in [0.25, 0.3) is 0 Å². The molecule has 2 aromatic carbocycles. The van der Waals surface area contributed by atoms with Crippen molar-refractivity contribution in [2.75, 3.05) is 0 Å². The lowest BCUT2D eigenvalue weighted by molar-refractivity contribution is 0.734. The third kappa shape index (κ3) is 4.16. The van der Waals surface area contributed by atoms with Gasteiger partial charge < -0.3 is 5.73 Å². The van der Waals surface area contributed by atoms with Gasteiger partial charge in [0, 0.05) is 20.9 Å². The summed E-state index contributed by atoms with van der Waals surface area (Å²) >= 11 is 13.8. The van der Waals surface area contributed by atoms with Crippen molar-refractivity contribution in [3.63, 3.8) is 0 Å². The first-order valence-corrected chi connectivity index (χ1v) is 8.01. The predicted molar refractivity (Wildman–Crippen MR) is 89.1 cm³/mol. The van der Waals surface area contributed by atoms with Gasteiger partial charge in [0.1, 0.15) is 0 Å². The number of benzene rings is 2. The molecule has 4 heteroatoms. The fraction of sp³-hybridized carbons (Fsp3) is 0.250. The molecule has 0 fully saturated rings. The van der Waals surface area contributed by atoms with Crippen LogP contribution in [0.15, 0.2) is 46.2 Å². The van der Waals surface area contributed by atoms with Crippen LogP contribution >= 0.6 is 35.0 Å². The van der Waals surface area contributed by atoms with E-state index in [2.05, 4.69) is 25.1 Å². The van der Waals surface area contributed by atoms with Gasteiger partial charge in [-0.3, -0.25) is 0 Å². The quantitative estimate of drug-likeness (QED) is 0.820. The molecule has 20 heavy (non-hydrogen) atoms. The van der Waals surface area contributed by atoms with Crippen LogP contribution in [0.4, 0.5) is 0 Å². The third-order valence-electron chi connectivity index (χ3n) is 2.98. The van der Waals surface area contributed by atoms with Crippen molar-refractivity contribution < 1.29 is 0 Å². The van der Waals surface area contributed by atoms with E-state index >= 15 is 0 Å². The van der Waals surface area contributed by atoms with E-state index in [0.29, 0.717) is 5.02 Å². The number of nitrogens with two attached hydrogens (primary N) is 1. The van der Waals surface area contributed by atoms with Crippen molar-refractivity contribution in [3.05, 3.63) is 57.6 Å². The van der Waals surface area contributed by atoms with E-state index in [0.717, 1.165) is 21.2 Å². The summed E-state index contributed by atoms with van der Waals surface area (Å²) in [5.74, 6) is 0. The first-order chi connectivity index (χ1) is 9.45. The molecule has 0 aromatic heterocycles. The summed E-state index contributed by atoms with van der Waals surface area (Å²) in [5, 5.41) is 1.42. The van der Waals surface area contributed by atoms with Gasteiger partial charge in [0.2, 0.25) is 0 Å². The highest BCUT2D eigenvalue weighted by molar-refractivity contribution is 7.99. The second-order valence-corrected chi connectivity index (χ2v) is 6.91. The summed E-state index contributed by atoms with van der Waals surface area (Å²) in [6, 6.07) is 12.1. The molecule has 0 saturated heterocycles. The highest BCUT2D eigenvalue weighted by Crippen LogP contribution is 2.35. The van der Waals surface area contributed by atoms with Crippen molar-refractivity contribution in [2.45, 2.75) is 36.1 Å². The molecule has 1 atom stereocenters. The second kappa shape index (κ2) is 6.86. The minimum Gasteiger partial charge on any atom is -0.328 e. The number of rotatable bonds is 4. The zero-order valence-electron chi connectivity index (χ0n) is 11.5. The van der Waals surface area contributed by atoms with Gasteiger partial charge in [-0.15, -0.1) is 0 Å². The summed E-state index contributed by atoms with van der Waals surface area (Å²) in [5.41, 5.74) is 8.40. The number of halogens is 2. The highest BCUT2D eigenvalue weighted by atomic mass is 35.5. The van der Waals surface area contributed by atoms with Crippen LogP contribution in [0.1, 0.15) is 18.1 Å². The van der Waals surface area contributed by atoms with Crippen LogP contribution in [-0.2, 0) is 6.42 Å². The number of aryl methyl sites for hydroxylation is 1. The van der Waals surface area contributed by atoms with E-state index in [1.165, 1.54) is 11.1 Å². The van der Waals surface area contributed by atoms with Gasteiger partial charge >= 0.3 is 0 Å². The molecular weight excluding hydrogens is 309 g/mol. The molecule has 0 spiro atoms. The molecule has 0 aliphatic rings. The lowest BCUT2D eigenvalue weighted by Gasteiger charge is -2.11. The average molecular weight is 326 g/mol. The summed E-state index contributed by atoms with van der Waals surface area (Å²) < 4.78 is 0. The maximum atomic E-state index is 6.19. The lowest BCUT2D eigenvalue weighted by atomic mass is 10.0. The van der Waals surface area contributed by atoms with Crippen molar-refractivity contribution in [1.82, 2.24) is 0 Å². The van der Waals surface area contributed by atoms with Crippen LogP contribution in [0.2, 0.25) is 10.0 Å². The van der Waals surface area contributed by atoms with E-state index in [-0.39, 0.29) is 6.04 Å². The Labute approximate surface area is 134 Å². The average Bonchev–Trinajstić information content (AvgIpc) is 2.37. The maximum absolute atomic E-state index is 6.19. The number of hydrogen-bond acceptors (Lipinski definition) is 2. The Morgan fingerprint density at radius 2 is 1.90 bits per heavy atom. The summed E-state index contributed by atoms with van der Waals surface area (Å²) in [6.07, 6.45) is 0.898. The monoisotopic (exact) mass is 325 g/mol. The molecule has 0 bridgehead atoms. The molecule has 0 amide bonds. The molecule has 2 rings (SSSR count). The molecular formula is C16H17Cl2NS. The van der Waals surface area contributed by atoms with Crippen molar-refractivity contribution in [3.8, 4) is 0 Å². The first kappa shape index (κ1) is 15.7. The Morgan fingerprint density at radius 1 is 1.15 bits per heavy atom. The highest BCUT2D eigenvalue weighted by Gasteiger charge is 2.07. The molecule has 106 valence electrons. The van der Waals surface area contributed by atoms with Crippen LogP contribution in [0, 0.1) is 6.92 Å². The van der Waals surface area contributed by atoms with Crippen molar-refractivity contribution in [2.24, 2.45) is 5.73 Å². The minimum atomic E-state index is 0.176. The Bertz CT molecular complexity index is 611. The molecule has 1 unspecified atom stereocenters. The Kier molecular flexibility index (Phi) is 5.39. The van der Waals surface area contributed by atoms with Crippen LogP contribution in [0.5, 0.6) is 0 Å². The molecule has 0 radical (unpaired) electrons. The van der Waals surface area contributed by atoms with Crippen LogP contribution in [0.3, 0.4) is 0 Å². The predicted octanol–water partition coefficient (Wildman–Crippen LogP) is 5.34. The standard InChI is InChI=1S/C16H17Cl2NS/c1-10-7-14(5-3-12(10)8-11(2)19)20-16-9-13(17)4-6-15(16)18/h3-7,9,11H,8,19H2,1-2H3. The summed E-state index contributed by atoms with van der Waals surface area (Å²) in [6.45, 7) is 4.13. The van der Waals surface area contributed by atoms with Gasteiger partial charge in [0.05, 0.1) is 5.02 Å². The Hall–Kier alpha value is -0.670. The van der Waals surface area contributed by atoms with Gasteiger partial charge in [-0.25, -0.2) is 0 Å². The van der Waals surface area contributed by atoms with Gasteiger partial charge in [-0.2, -0.15) is 0 Å². The Balaban J connectivity index is 2.22. The largest absolute Gasteiger partial charge is 0.328 e. The smallest absolute Gasteiger partial charge is 0.0546 e. The van der Waals surface area contributed by atoms with Crippen molar-refractivity contribution >= 4 is 35.0 Å². The van der Waals surface area contributed by atoms with Crippen molar-refractivity contribution in [1.29, 1.82) is 0 Å². The van der Waals surface area contributed by atoms with E-state index < -0.39 is 0 Å². The van der Waals surface area contributed by atoms with E-state index in [4.69, 9.17) is 28.9 Å². The molecule has 0 heterocycles. The molecule has 0 saturated carbocycles. The topological polar surface area (TPSA) is 26.0 Å². The molecule has 1 nitrogen and oxygen atoms in total. The van der Waals surface area contributed by atoms with Crippen LogP contribution in [-0.4, -0.2) is 6.04 Å². The van der Waals surface area contributed by atoms with Crippen LogP contribution in [0.25, 0.3) is 0 Å². The van der Waals surface area contributed by atoms with Gasteiger partial charge in [-0.1, -0.05) is 41.0 Å². The van der Waals surface area contributed by atoms with Gasteiger partial charge in [-0.05, 0) is 61.7 Å². The zero-order valence-corrected chi connectivity index (χ0v) is 13.8. The van der Waals surface area contributed by atoms with Crippen LogP contribution < -0.4 is 5.73 Å². The van der Waals surface area contributed by atoms with E-state index in [1.807, 2.05) is 19.1 Å². The van der Waals surface area contributed by atoms with E-state index in [1.54, 1.807) is 17.8 Å². The normalized spacial score (nSPS) is 12.4. The first-order valence-electron chi connectivity index (χ1n) is 6.43. The fourth-order valence-electron chi connectivity index (χ4n) is 1.99. The molecule has 0 aliphatic heterocycles. The fourth-order valence-corrected chi connectivity index (χ4v) is 3.44. The van der Waals surface area contributed by atoms with Gasteiger partial charge in [0.15, 0.2) is 0 Å². The lowest BCUT2D eigenvalue weighted by Crippen LogP contribution is -2.18. The molecule has 2 aromatic rings. The maximum Gasteiger partial charge on any atom is 0.0546 e. The zero-order chi connectivity index (χ0) is 14.7. The second-order valence-electron chi connectivity index (χ2n) is 4.95. The molecule has 0 aliphatic carbocycles. The third-order valence-corrected chi connectivity index (χ3v) is 4.70. The molecule has 2 N–H and O–H groups in total. The SMILES string of the molecule is Cc1cc(Sc2cc(Cl)ccc2Cl)ccc1CC(C)N.